The van der Waals surface area contributed by atoms with E-state index < -0.39 is 20.0 Å². The van der Waals surface area contributed by atoms with Crippen LogP contribution in [0.1, 0.15) is 258 Å². The second-order valence-corrected chi connectivity index (χ2v) is 22.6. The molecule has 0 heterocycles. The minimum atomic E-state index is -4.45. The number of carbonyl (C=O) groups excluding carboxylic acids is 2. The molecule has 0 radical (unpaired) electrons. The number of ether oxygens (including phenoxy) is 1. The molecule has 0 aromatic heterocycles. The highest BCUT2D eigenvalue weighted by atomic mass is 31.2. The van der Waals surface area contributed by atoms with Crippen LogP contribution in [0.5, 0.6) is 0 Å². The molecule has 9 nitrogen and oxygen atoms in total. The molecule has 0 aliphatic heterocycles. The molecule has 418 valence electrons. The number of phosphoric acid groups is 1. The van der Waals surface area contributed by atoms with E-state index in [0.29, 0.717) is 23.9 Å². The van der Waals surface area contributed by atoms with Gasteiger partial charge in [0.25, 0.3) is 0 Å². The number of nitrogens with zero attached hydrogens (tertiary/aromatic N) is 1. The first-order valence-corrected chi connectivity index (χ1v) is 31.3. The molecular weight excluding hydrogens is 916 g/mol. The van der Waals surface area contributed by atoms with Crippen molar-refractivity contribution in [3.8, 4) is 0 Å². The highest BCUT2D eigenvalue weighted by Crippen LogP contribution is 2.43. The zero-order valence-corrected chi connectivity index (χ0v) is 48.6. The second-order valence-electron chi connectivity index (χ2n) is 21.1. The quantitative estimate of drug-likeness (QED) is 0.0205. The smallest absolute Gasteiger partial charge is 0.456 e. The van der Waals surface area contributed by atoms with Crippen molar-refractivity contribution in [1.82, 2.24) is 5.32 Å². The van der Waals surface area contributed by atoms with E-state index >= 15 is 0 Å². The summed E-state index contributed by atoms with van der Waals surface area (Å²) in [6.07, 6.45) is 66.0. The minimum Gasteiger partial charge on any atom is -0.456 e. The maximum Gasteiger partial charge on any atom is 0.472 e. The molecule has 0 saturated heterocycles. The second kappa shape index (κ2) is 51.9. The van der Waals surface area contributed by atoms with Gasteiger partial charge in [-0.15, -0.1) is 0 Å². The Kier molecular flexibility index (Phi) is 50.1. The molecule has 0 spiro atoms. The van der Waals surface area contributed by atoms with Crippen LogP contribution in [0, 0.1) is 0 Å². The van der Waals surface area contributed by atoms with E-state index in [1.807, 2.05) is 33.3 Å². The molecule has 2 N–H and O–H groups in total. The summed E-state index contributed by atoms with van der Waals surface area (Å²) in [6.45, 7) is 6.88. The van der Waals surface area contributed by atoms with Crippen LogP contribution in [0.15, 0.2) is 72.9 Å². The molecule has 1 amide bonds. The van der Waals surface area contributed by atoms with E-state index in [4.69, 9.17) is 13.8 Å². The van der Waals surface area contributed by atoms with E-state index in [1.54, 1.807) is 0 Å². The van der Waals surface area contributed by atoms with Crippen LogP contribution in [0.25, 0.3) is 0 Å². The fourth-order valence-electron chi connectivity index (χ4n) is 8.32. The lowest BCUT2D eigenvalue weighted by Gasteiger charge is -2.27. The van der Waals surface area contributed by atoms with E-state index in [2.05, 4.69) is 86.8 Å². The van der Waals surface area contributed by atoms with Gasteiger partial charge in [0.05, 0.1) is 33.8 Å². The molecule has 0 rings (SSSR count). The first-order valence-electron chi connectivity index (χ1n) is 29.8. The Hall–Kier alpha value is -2.55. The van der Waals surface area contributed by atoms with Crippen molar-refractivity contribution < 1.29 is 37.3 Å². The number of amides is 1. The Morgan fingerprint density at radius 2 is 0.889 bits per heavy atom. The summed E-state index contributed by atoms with van der Waals surface area (Å²) >= 11 is 0. The van der Waals surface area contributed by atoms with Gasteiger partial charge in [-0.05, 0) is 76.7 Å². The highest BCUT2D eigenvalue weighted by molar-refractivity contribution is 7.47. The molecule has 72 heavy (non-hydrogen) atoms. The Balaban J connectivity index is 5.39. The fourth-order valence-corrected chi connectivity index (χ4v) is 9.06. The lowest BCUT2D eigenvalue weighted by Crippen LogP contribution is -2.47. The summed E-state index contributed by atoms with van der Waals surface area (Å²) in [5.74, 6) is -0.539. The summed E-state index contributed by atoms with van der Waals surface area (Å²) in [5, 5.41) is 3.04. The Morgan fingerprint density at radius 3 is 1.35 bits per heavy atom. The molecule has 0 saturated carbocycles. The first-order chi connectivity index (χ1) is 34.9. The van der Waals surface area contributed by atoms with Gasteiger partial charge >= 0.3 is 13.8 Å². The maximum atomic E-state index is 13.5. The Bertz CT molecular complexity index is 1460. The van der Waals surface area contributed by atoms with E-state index in [1.165, 1.54) is 128 Å². The van der Waals surface area contributed by atoms with Crippen molar-refractivity contribution in [2.45, 2.75) is 270 Å². The third kappa shape index (κ3) is 52.3. The van der Waals surface area contributed by atoms with Gasteiger partial charge in [-0.25, -0.2) is 4.57 Å². The first kappa shape index (κ1) is 69.5. The number of esters is 1. The standard InChI is InChI=1S/C62H113N2O7P/c1-7-10-13-16-19-22-25-28-30-31-32-33-34-37-40-43-46-49-52-55-62(66)71-60(53-50-47-44-41-38-35-27-24-21-18-15-12-9-3)59(58-70-72(67,68)69-57-56-64(4,5)6)63-61(65)54-51-48-45-42-39-36-29-26-23-20-17-14-11-8-2/h10,13,19,22,28,30,32-33,37,40,50,53,59-60H,7-9,11-12,14-18,20-21,23-27,29,31,34-36,38-39,41-49,51-52,54-58H2,1-6H3,(H-,63,65,67,68)/p+1/b13-10-,22-19-,30-28-,33-32-,40-37-,53-50+. The van der Waals surface area contributed by atoms with Gasteiger partial charge in [0.15, 0.2) is 0 Å². The molecule has 0 aromatic rings. The molecule has 3 unspecified atom stereocenters. The summed E-state index contributed by atoms with van der Waals surface area (Å²) < 4.78 is 30.6. The van der Waals surface area contributed by atoms with Crippen LogP contribution >= 0.6 is 7.82 Å². The Morgan fingerprint density at radius 1 is 0.500 bits per heavy atom. The third-order valence-corrected chi connectivity index (χ3v) is 13.9. The number of nitrogens with one attached hydrogen (secondary N) is 1. The average Bonchev–Trinajstić information content (AvgIpc) is 3.34. The number of hydrogen-bond acceptors (Lipinski definition) is 6. The highest BCUT2D eigenvalue weighted by Gasteiger charge is 2.30. The number of hydrogen-bond donors (Lipinski definition) is 2. The van der Waals surface area contributed by atoms with Gasteiger partial charge in [-0.2, -0.15) is 0 Å². The number of likely N-dealkylation sites (N-methyl/N-ethyl adjacent to an activating group) is 1. The van der Waals surface area contributed by atoms with Gasteiger partial charge in [0.2, 0.25) is 5.91 Å². The van der Waals surface area contributed by atoms with Crippen LogP contribution in [-0.4, -0.2) is 74.3 Å². The zero-order chi connectivity index (χ0) is 52.9. The van der Waals surface area contributed by atoms with Crippen LogP contribution in [-0.2, 0) is 27.9 Å². The molecular formula is C62H114N2O7P+. The maximum absolute atomic E-state index is 13.5. The molecule has 0 aliphatic carbocycles. The normalized spacial score (nSPS) is 14.3. The molecule has 0 fully saturated rings. The summed E-state index contributed by atoms with van der Waals surface area (Å²) in [7, 11) is 1.48. The topological polar surface area (TPSA) is 111 Å². The largest absolute Gasteiger partial charge is 0.472 e. The number of carbonyl (C=O) groups is 2. The van der Waals surface area contributed by atoms with Gasteiger partial charge in [-0.3, -0.25) is 18.6 Å². The Labute approximate surface area is 444 Å². The lowest BCUT2D eigenvalue weighted by atomic mass is 10.0. The van der Waals surface area contributed by atoms with Crippen LogP contribution < -0.4 is 5.32 Å². The predicted octanol–water partition coefficient (Wildman–Crippen LogP) is 18.1. The fraction of sp³-hybridized carbons (Fsp3) is 0.774. The van der Waals surface area contributed by atoms with Crippen LogP contribution in [0.4, 0.5) is 0 Å². The minimum absolute atomic E-state index is 0.0335. The van der Waals surface area contributed by atoms with Crippen LogP contribution in [0.2, 0.25) is 0 Å². The lowest BCUT2D eigenvalue weighted by molar-refractivity contribution is -0.870. The van der Waals surface area contributed by atoms with Gasteiger partial charge in [0.1, 0.15) is 19.3 Å². The SMILES string of the molecule is CC/C=C\C/C=C\C/C=C\C/C=C\C/C=C\CCCCCC(=O)OC(/C=C/CCCCCCCCCCCCC)C(COP(=O)(O)OCC[N+](C)(C)C)NC(=O)CCCCCCCCCCCCCCCC. The van der Waals surface area contributed by atoms with Gasteiger partial charge < -0.3 is 19.4 Å². The van der Waals surface area contributed by atoms with E-state index in [-0.39, 0.29) is 31.5 Å². The van der Waals surface area contributed by atoms with E-state index in [9.17, 15) is 19.0 Å². The molecule has 3 atom stereocenters. The van der Waals surface area contributed by atoms with Crippen molar-refractivity contribution in [3.63, 3.8) is 0 Å². The van der Waals surface area contributed by atoms with Crippen molar-refractivity contribution in [2.75, 3.05) is 40.9 Å². The van der Waals surface area contributed by atoms with Gasteiger partial charge in [-0.1, -0.05) is 242 Å². The molecule has 0 aromatic carbocycles. The van der Waals surface area contributed by atoms with Crippen molar-refractivity contribution in [3.05, 3.63) is 72.9 Å². The van der Waals surface area contributed by atoms with E-state index in [0.717, 1.165) is 89.9 Å². The number of phosphoric ester groups is 1. The van der Waals surface area contributed by atoms with Crippen molar-refractivity contribution >= 4 is 19.7 Å². The monoisotopic (exact) mass is 1030 g/mol. The van der Waals surface area contributed by atoms with Gasteiger partial charge in [0, 0.05) is 12.8 Å². The molecule has 0 aliphatic rings. The average molecular weight is 1030 g/mol. The van der Waals surface area contributed by atoms with Crippen molar-refractivity contribution in [2.24, 2.45) is 0 Å². The molecule has 0 bridgehead atoms. The third-order valence-electron chi connectivity index (χ3n) is 12.9. The molecule has 10 heteroatoms. The number of rotatable bonds is 53. The number of quaternary nitrogens is 1. The number of unbranched alkanes of at least 4 members (excludes halogenated alkanes) is 27. The predicted molar refractivity (Wildman–Crippen MR) is 309 cm³/mol. The zero-order valence-electron chi connectivity index (χ0n) is 47.7. The summed E-state index contributed by atoms with van der Waals surface area (Å²) in [4.78, 5) is 37.6. The van der Waals surface area contributed by atoms with Crippen molar-refractivity contribution in [1.29, 1.82) is 0 Å². The van der Waals surface area contributed by atoms with Crippen LogP contribution in [0.3, 0.4) is 0 Å². The summed E-state index contributed by atoms with van der Waals surface area (Å²) in [5.41, 5.74) is 0. The summed E-state index contributed by atoms with van der Waals surface area (Å²) in [6, 6.07) is -0.862. The number of allylic oxidation sites excluding steroid dienone is 11.